The number of carbonyl (C=O) groups is 2. The Morgan fingerprint density at radius 1 is 0.955 bits per heavy atom. The normalized spacial score (nSPS) is 11.6. The van der Waals surface area contributed by atoms with E-state index in [1.165, 1.54) is 7.11 Å². The molecule has 0 spiro atoms. The first-order chi connectivity index (χ1) is 10.5. The minimum atomic E-state index is -0.412. The van der Waals surface area contributed by atoms with Crippen LogP contribution in [0.4, 0.5) is 0 Å². The Labute approximate surface area is 130 Å². The fourth-order valence-corrected chi connectivity index (χ4v) is 2.20. The largest absolute Gasteiger partial charge is 0.465 e. The molecule has 2 rings (SSSR count). The van der Waals surface area contributed by atoms with Crippen LogP contribution in [0.5, 0.6) is 0 Å². The standard InChI is InChI=1S/C18H19NO3/c1-13(14-7-5-4-6-8-14)19(2)17(20)15-9-11-16(12-10-15)18(21)22-3/h4-13H,1-3H3. The first-order valence-electron chi connectivity index (χ1n) is 7.05. The fourth-order valence-electron chi connectivity index (χ4n) is 2.20. The van der Waals surface area contributed by atoms with E-state index in [1.54, 1.807) is 36.2 Å². The lowest BCUT2D eigenvalue weighted by molar-refractivity contribution is 0.0599. The van der Waals surface area contributed by atoms with Gasteiger partial charge < -0.3 is 9.64 Å². The van der Waals surface area contributed by atoms with Crippen LogP contribution < -0.4 is 0 Å². The van der Waals surface area contributed by atoms with E-state index in [2.05, 4.69) is 4.74 Å². The van der Waals surface area contributed by atoms with Crippen LogP contribution in [0.1, 0.15) is 39.2 Å². The molecule has 4 heteroatoms. The molecule has 0 fully saturated rings. The number of esters is 1. The average molecular weight is 297 g/mol. The van der Waals surface area contributed by atoms with Gasteiger partial charge in [0, 0.05) is 12.6 Å². The van der Waals surface area contributed by atoms with E-state index in [1.807, 2.05) is 37.3 Å². The number of methoxy groups -OCH3 is 1. The van der Waals surface area contributed by atoms with Gasteiger partial charge in [0.2, 0.25) is 0 Å². The molecular formula is C18H19NO3. The van der Waals surface area contributed by atoms with Gasteiger partial charge in [0.25, 0.3) is 5.91 Å². The maximum Gasteiger partial charge on any atom is 0.337 e. The van der Waals surface area contributed by atoms with Crippen LogP contribution in [0.15, 0.2) is 54.6 Å². The second-order valence-electron chi connectivity index (χ2n) is 5.07. The summed E-state index contributed by atoms with van der Waals surface area (Å²) in [5.41, 5.74) is 2.04. The van der Waals surface area contributed by atoms with Crippen LogP contribution in [0.3, 0.4) is 0 Å². The van der Waals surface area contributed by atoms with Gasteiger partial charge in [-0.1, -0.05) is 30.3 Å². The fraction of sp³-hybridized carbons (Fsp3) is 0.222. The molecule has 1 unspecified atom stereocenters. The number of ether oxygens (including phenoxy) is 1. The highest BCUT2D eigenvalue weighted by atomic mass is 16.5. The zero-order valence-corrected chi connectivity index (χ0v) is 12.9. The van der Waals surface area contributed by atoms with E-state index >= 15 is 0 Å². The molecule has 22 heavy (non-hydrogen) atoms. The van der Waals surface area contributed by atoms with Crippen molar-refractivity contribution < 1.29 is 14.3 Å². The zero-order valence-electron chi connectivity index (χ0n) is 12.9. The van der Waals surface area contributed by atoms with E-state index in [0.29, 0.717) is 11.1 Å². The van der Waals surface area contributed by atoms with E-state index in [0.717, 1.165) is 5.56 Å². The lowest BCUT2D eigenvalue weighted by Crippen LogP contribution is -2.29. The molecule has 0 aliphatic heterocycles. The topological polar surface area (TPSA) is 46.6 Å². The summed E-state index contributed by atoms with van der Waals surface area (Å²) in [6, 6.07) is 16.3. The van der Waals surface area contributed by atoms with Crippen molar-refractivity contribution in [1.29, 1.82) is 0 Å². The molecule has 0 aromatic heterocycles. The average Bonchev–Trinajstić information content (AvgIpc) is 2.60. The second kappa shape index (κ2) is 6.89. The summed E-state index contributed by atoms with van der Waals surface area (Å²) in [6.45, 7) is 1.98. The van der Waals surface area contributed by atoms with Gasteiger partial charge in [-0.3, -0.25) is 4.79 Å². The quantitative estimate of drug-likeness (QED) is 0.813. The molecule has 2 aromatic carbocycles. The number of rotatable bonds is 4. The van der Waals surface area contributed by atoms with Gasteiger partial charge in [0.15, 0.2) is 0 Å². The zero-order chi connectivity index (χ0) is 16.1. The summed E-state index contributed by atoms with van der Waals surface area (Å²) in [7, 11) is 3.10. The Hall–Kier alpha value is -2.62. The Morgan fingerprint density at radius 3 is 2.05 bits per heavy atom. The van der Waals surface area contributed by atoms with E-state index in [4.69, 9.17) is 0 Å². The maximum absolute atomic E-state index is 12.5. The first-order valence-corrected chi connectivity index (χ1v) is 7.05. The minimum Gasteiger partial charge on any atom is -0.465 e. The van der Waals surface area contributed by atoms with Gasteiger partial charge in [-0.05, 0) is 36.8 Å². The molecule has 0 aliphatic carbocycles. The summed E-state index contributed by atoms with van der Waals surface area (Å²) >= 11 is 0. The molecule has 0 bridgehead atoms. The van der Waals surface area contributed by atoms with E-state index in [-0.39, 0.29) is 11.9 Å². The first kappa shape index (κ1) is 15.8. The van der Waals surface area contributed by atoms with Crippen LogP contribution in [0, 0.1) is 0 Å². The van der Waals surface area contributed by atoms with E-state index in [9.17, 15) is 9.59 Å². The predicted molar refractivity (Wildman–Crippen MR) is 84.7 cm³/mol. The van der Waals surface area contributed by atoms with Crippen LogP contribution in [-0.2, 0) is 4.74 Å². The summed E-state index contributed by atoms with van der Waals surface area (Å²) < 4.78 is 4.65. The number of amides is 1. The van der Waals surface area contributed by atoms with Gasteiger partial charge in [-0.15, -0.1) is 0 Å². The van der Waals surface area contributed by atoms with Crippen molar-refractivity contribution in [1.82, 2.24) is 4.90 Å². The molecule has 114 valence electrons. The molecule has 0 aliphatic rings. The maximum atomic E-state index is 12.5. The predicted octanol–water partition coefficient (Wildman–Crippen LogP) is 3.31. The highest BCUT2D eigenvalue weighted by Crippen LogP contribution is 2.20. The Morgan fingerprint density at radius 2 is 1.50 bits per heavy atom. The summed E-state index contributed by atoms with van der Waals surface area (Å²) in [5, 5.41) is 0. The van der Waals surface area contributed by atoms with Crippen LogP contribution in [-0.4, -0.2) is 30.9 Å². The van der Waals surface area contributed by atoms with Gasteiger partial charge >= 0.3 is 5.97 Å². The molecule has 0 saturated heterocycles. The number of hydrogen-bond acceptors (Lipinski definition) is 3. The van der Waals surface area contributed by atoms with Gasteiger partial charge in [-0.2, -0.15) is 0 Å². The third-order valence-electron chi connectivity index (χ3n) is 3.74. The highest BCUT2D eigenvalue weighted by Gasteiger charge is 2.19. The van der Waals surface area contributed by atoms with Crippen molar-refractivity contribution in [2.45, 2.75) is 13.0 Å². The van der Waals surface area contributed by atoms with Crippen molar-refractivity contribution in [2.24, 2.45) is 0 Å². The van der Waals surface area contributed by atoms with Crippen molar-refractivity contribution in [2.75, 3.05) is 14.2 Å². The smallest absolute Gasteiger partial charge is 0.337 e. The Balaban J connectivity index is 2.15. The van der Waals surface area contributed by atoms with Crippen molar-refractivity contribution in [3.05, 3.63) is 71.3 Å². The monoisotopic (exact) mass is 297 g/mol. The SMILES string of the molecule is COC(=O)c1ccc(C(=O)N(C)C(C)c2ccccc2)cc1. The molecule has 0 saturated carbocycles. The lowest BCUT2D eigenvalue weighted by atomic mass is 10.1. The van der Waals surface area contributed by atoms with Gasteiger partial charge in [0.1, 0.15) is 0 Å². The Kier molecular flexibility index (Phi) is 4.94. The van der Waals surface area contributed by atoms with Crippen molar-refractivity contribution >= 4 is 11.9 Å². The van der Waals surface area contributed by atoms with Crippen LogP contribution >= 0.6 is 0 Å². The number of carbonyl (C=O) groups excluding carboxylic acids is 2. The third kappa shape index (κ3) is 3.34. The van der Waals surface area contributed by atoms with Gasteiger partial charge in [-0.25, -0.2) is 4.79 Å². The summed E-state index contributed by atoms with van der Waals surface area (Å²) in [4.78, 5) is 25.6. The van der Waals surface area contributed by atoms with E-state index < -0.39 is 5.97 Å². The highest BCUT2D eigenvalue weighted by molar-refractivity contribution is 5.96. The molecule has 1 atom stereocenters. The molecule has 1 amide bonds. The molecule has 0 N–H and O–H groups in total. The van der Waals surface area contributed by atoms with Crippen molar-refractivity contribution in [3.8, 4) is 0 Å². The molecule has 2 aromatic rings. The molecule has 4 nitrogen and oxygen atoms in total. The minimum absolute atomic E-state index is 0.0333. The molecule has 0 radical (unpaired) electrons. The second-order valence-corrected chi connectivity index (χ2v) is 5.07. The third-order valence-corrected chi connectivity index (χ3v) is 3.74. The number of nitrogens with zero attached hydrogens (tertiary/aromatic N) is 1. The van der Waals surface area contributed by atoms with Crippen LogP contribution in [0.25, 0.3) is 0 Å². The number of benzene rings is 2. The summed E-state index contributed by atoms with van der Waals surface area (Å²) in [6.07, 6.45) is 0. The summed E-state index contributed by atoms with van der Waals surface area (Å²) in [5.74, 6) is -0.502. The van der Waals surface area contributed by atoms with Gasteiger partial charge in [0.05, 0.1) is 18.7 Å². The lowest BCUT2D eigenvalue weighted by Gasteiger charge is -2.25. The molecule has 0 heterocycles. The Bertz CT molecular complexity index is 650. The molecular weight excluding hydrogens is 278 g/mol. The van der Waals surface area contributed by atoms with Crippen molar-refractivity contribution in [3.63, 3.8) is 0 Å². The number of hydrogen-bond donors (Lipinski definition) is 0. The van der Waals surface area contributed by atoms with Crippen LogP contribution in [0.2, 0.25) is 0 Å².